The van der Waals surface area contributed by atoms with Crippen LogP contribution in [0.5, 0.6) is 0 Å². The number of carbonyl (C=O) groups excluding carboxylic acids is 1. The minimum atomic E-state index is -0.948. The number of rotatable bonds is 7. The zero-order valence-corrected chi connectivity index (χ0v) is 12.8. The van der Waals surface area contributed by atoms with E-state index in [2.05, 4.69) is 10.2 Å². The number of aromatic nitrogens is 3. The summed E-state index contributed by atoms with van der Waals surface area (Å²) in [7, 11) is 0. The molecule has 1 unspecified atom stereocenters. The maximum atomic E-state index is 11.7. The van der Waals surface area contributed by atoms with E-state index in [0.29, 0.717) is 11.0 Å². The number of nitrogens with zero attached hydrogens (tertiary/aromatic N) is 3. The molecule has 8 heteroatoms. The lowest BCUT2D eigenvalue weighted by Crippen LogP contribution is -2.32. The van der Waals surface area contributed by atoms with Gasteiger partial charge in [0.1, 0.15) is 11.9 Å². The molecule has 0 spiro atoms. The molecule has 0 radical (unpaired) electrons. The van der Waals surface area contributed by atoms with E-state index in [1.54, 1.807) is 4.57 Å². The molecular formula is C12H20N4O3S. The van der Waals surface area contributed by atoms with Crippen LogP contribution < -0.4 is 5.73 Å². The molecule has 1 aromatic rings. The maximum absolute atomic E-state index is 11.7. The molecule has 0 bridgehead atoms. The van der Waals surface area contributed by atoms with E-state index in [1.165, 1.54) is 0 Å². The first-order valence-corrected chi connectivity index (χ1v) is 7.33. The molecule has 0 aliphatic rings. The Hall–Kier alpha value is -1.57. The Balaban J connectivity index is 3.26. The Morgan fingerprint density at radius 1 is 1.30 bits per heavy atom. The molecule has 0 aromatic carbocycles. The van der Waals surface area contributed by atoms with Crippen LogP contribution in [0.1, 0.15) is 45.5 Å². The summed E-state index contributed by atoms with van der Waals surface area (Å²) in [6.45, 7) is 7.63. The molecule has 7 nitrogen and oxygen atoms in total. The molecule has 3 N–H and O–H groups in total. The molecule has 0 saturated heterocycles. The van der Waals surface area contributed by atoms with Crippen LogP contribution in [-0.2, 0) is 9.59 Å². The van der Waals surface area contributed by atoms with Crippen LogP contribution >= 0.6 is 11.8 Å². The first-order valence-electron chi connectivity index (χ1n) is 6.34. The third kappa shape index (κ3) is 3.72. The van der Waals surface area contributed by atoms with Gasteiger partial charge in [0, 0.05) is 5.92 Å². The molecule has 0 aliphatic heterocycles. The molecular weight excluding hydrogens is 280 g/mol. The van der Waals surface area contributed by atoms with Crippen molar-refractivity contribution in [3.63, 3.8) is 0 Å². The van der Waals surface area contributed by atoms with Crippen LogP contribution in [0.15, 0.2) is 5.16 Å². The van der Waals surface area contributed by atoms with Gasteiger partial charge >= 0.3 is 5.97 Å². The lowest BCUT2D eigenvalue weighted by Gasteiger charge is -2.23. The summed E-state index contributed by atoms with van der Waals surface area (Å²) in [5, 5.41) is 17.3. The van der Waals surface area contributed by atoms with Crippen molar-refractivity contribution < 1.29 is 14.7 Å². The second kappa shape index (κ2) is 6.74. The van der Waals surface area contributed by atoms with E-state index in [4.69, 9.17) is 10.8 Å². The van der Waals surface area contributed by atoms with Crippen LogP contribution in [0.2, 0.25) is 0 Å². The highest BCUT2D eigenvalue weighted by atomic mass is 32.2. The number of amides is 1. The van der Waals surface area contributed by atoms with Gasteiger partial charge in [-0.1, -0.05) is 39.5 Å². The van der Waals surface area contributed by atoms with Gasteiger partial charge < -0.3 is 10.8 Å². The number of carboxylic acid groups (broad SMARTS) is 1. The van der Waals surface area contributed by atoms with Crippen molar-refractivity contribution >= 4 is 23.6 Å². The van der Waals surface area contributed by atoms with Gasteiger partial charge in [-0.3, -0.25) is 14.2 Å². The van der Waals surface area contributed by atoms with E-state index in [1.807, 2.05) is 27.7 Å². The number of thioether (sulfide) groups is 1. The molecule has 20 heavy (non-hydrogen) atoms. The lowest BCUT2D eigenvalue weighted by atomic mass is 10.0. The quantitative estimate of drug-likeness (QED) is 0.733. The van der Waals surface area contributed by atoms with Gasteiger partial charge in [-0.05, 0) is 5.92 Å². The van der Waals surface area contributed by atoms with Gasteiger partial charge in [0.15, 0.2) is 5.16 Å². The van der Waals surface area contributed by atoms with E-state index < -0.39 is 17.9 Å². The fraction of sp³-hybridized carbons (Fsp3) is 0.667. The van der Waals surface area contributed by atoms with Crippen molar-refractivity contribution in [3.8, 4) is 0 Å². The number of aliphatic carboxylic acids is 1. The summed E-state index contributed by atoms with van der Waals surface area (Å²) in [4.78, 5) is 22.4. The summed E-state index contributed by atoms with van der Waals surface area (Å²) >= 11 is 1.04. The highest BCUT2D eigenvalue weighted by Gasteiger charge is 2.29. The summed E-state index contributed by atoms with van der Waals surface area (Å²) in [5.74, 6) is -0.905. The Bertz CT molecular complexity index is 499. The van der Waals surface area contributed by atoms with Gasteiger partial charge in [0.25, 0.3) is 0 Å². The minimum Gasteiger partial charge on any atom is -0.481 e. The highest BCUT2D eigenvalue weighted by Crippen LogP contribution is 2.29. The predicted molar refractivity (Wildman–Crippen MR) is 75.5 cm³/mol. The monoisotopic (exact) mass is 300 g/mol. The van der Waals surface area contributed by atoms with E-state index >= 15 is 0 Å². The molecule has 1 rings (SSSR count). The Labute approximate surface area is 121 Å². The lowest BCUT2D eigenvalue weighted by molar-refractivity contribution is -0.133. The van der Waals surface area contributed by atoms with Crippen LogP contribution in [-0.4, -0.2) is 37.5 Å². The summed E-state index contributed by atoms with van der Waals surface area (Å²) in [5.41, 5.74) is 5.48. The molecule has 0 aliphatic carbocycles. The SMILES string of the molecule is CC(C)c1nnc(SCC(=O)O)n1C(C(N)=O)C(C)C. The average Bonchev–Trinajstić information content (AvgIpc) is 2.69. The fourth-order valence-corrected chi connectivity index (χ4v) is 2.62. The Kier molecular flexibility index (Phi) is 5.55. The normalized spacial score (nSPS) is 12.9. The first-order chi connectivity index (χ1) is 9.25. The third-order valence-electron chi connectivity index (χ3n) is 2.73. The topological polar surface area (TPSA) is 111 Å². The van der Waals surface area contributed by atoms with Crippen LogP contribution in [0.3, 0.4) is 0 Å². The Morgan fingerprint density at radius 2 is 1.90 bits per heavy atom. The zero-order chi connectivity index (χ0) is 15.4. The molecule has 1 heterocycles. The van der Waals surface area contributed by atoms with Crippen LogP contribution in [0.4, 0.5) is 0 Å². The number of carbonyl (C=O) groups is 2. The molecule has 1 aromatic heterocycles. The van der Waals surface area contributed by atoms with Gasteiger partial charge in [-0.15, -0.1) is 10.2 Å². The van der Waals surface area contributed by atoms with Gasteiger partial charge in [-0.2, -0.15) is 0 Å². The molecule has 0 saturated carbocycles. The van der Waals surface area contributed by atoms with Crippen molar-refractivity contribution in [1.29, 1.82) is 0 Å². The largest absolute Gasteiger partial charge is 0.481 e. The van der Waals surface area contributed by atoms with Crippen molar-refractivity contribution in [2.75, 3.05) is 5.75 Å². The number of primary amides is 1. The van der Waals surface area contributed by atoms with E-state index in [-0.39, 0.29) is 17.6 Å². The maximum Gasteiger partial charge on any atom is 0.313 e. The van der Waals surface area contributed by atoms with Crippen molar-refractivity contribution in [2.45, 2.75) is 44.8 Å². The first kappa shape index (κ1) is 16.5. The second-order valence-electron chi connectivity index (χ2n) is 5.14. The fourth-order valence-electron chi connectivity index (χ4n) is 1.92. The number of hydrogen-bond donors (Lipinski definition) is 2. The third-order valence-corrected chi connectivity index (χ3v) is 3.66. The molecule has 112 valence electrons. The van der Waals surface area contributed by atoms with E-state index in [9.17, 15) is 9.59 Å². The zero-order valence-electron chi connectivity index (χ0n) is 12.0. The van der Waals surface area contributed by atoms with Crippen LogP contribution in [0.25, 0.3) is 0 Å². The second-order valence-corrected chi connectivity index (χ2v) is 6.08. The molecule has 1 amide bonds. The number of hydrogen-bond acceptors (Lipinski definition) is 5. The predicted octanol–water partition coefficient (Wildman–Crippen LogP) is 1.26. The average molecular weight is 300 g/mol. The smallest absolute Gasteiger partial charge is 0.313 e. The summed E-state index contributed by atoms with van der Waals surface area (Å²) in [6.07, 6.45) is 0. The van der Waals surface area contributed by atoms with E-state index in [0.717, 1.165) is 11.8 Å². The standard InChI is InChI=1S/C12H20N4O3S/c1-6(2)9(10(13)19)16-11(7(3)4)14-15-12(16)20-5-8(17)18/h6-7,9H,5H2,1-4H3,(H2,13,19)(H,17,18). The van der Waals surface area contributed by atoms with Gasteiger partial charge in [-0.25, -0.2) is 0 Å². The molecule has 0 fully saturated rings. The number of nitrogens with two attached hydrogens (primary N) is 1. The highest BCUT2D eigenvalue weighted by molar-refractivity contribution is 7.99. The van der Waals surface area contributed by atoms with Gasteiger partial charge in [0.05, 0.1) is 5.75 Å². The summed E-state index contributed by atoms with van der Waals surface area (Å²) in [6, 6.07) is -0.585. The Morgan fingerprint density at radius 3 is 2.30 bits per heavy atom. The van der Waals surface area contributed by atoms with Gasteiger partial charge in [0.2, 0.25) is 5.91 Å². The molecule has 1 atom stereocenters. The minimum absolute atomic E-state index is 0.0369. The van der Waals surface area contributed by atoms with Crippen LogP contribution in [0, 0.1) is 5.92 Å². The van der Waals surface area contributed by atoms with Crippen molar-refractivity contribution in [2.24, 2.45) is 11.7 Å². The van der Waals surface area contributed by atoms with Crippen molar-refractivity contribution in [1.82, 2.24) is 14.8 Å². The summed E-state index contributed by atoms with van der Waals surface area (Å²) < 4.78 is 1.67. The van der Waals surface area contributed by atoms with Crippen molar-refractivity contribution in [3.05, 3.63) is 5.82 Å². The number of carboxylic acids is 1.